The van der Waals surface area contributed by atoms with Crippen LogP contribution in [0.4, 0.5) is 8.78 Å². The molecule has 2 aromatic heterocycles. The third-order valence-electron chi connectivity index (χ3n) is 5.04. The Balaban J connectivity index is 0.000000202. The van der Waals surface area contributed by atoms with Crippen LogP contribution in [0.15, 0.2) is 97.5 Å². The van der Waals surface area contributed by atoms with Gasteiger partial charge in [-0.3, -0.25) is 18.7 Å². The Labute approximate surface area is 217 Å². The van der Waals surface area contributed by atoms with E-state index < -0.39 is 11.6 Å². The van der Waals surface area contributed by atoms with Gasteiger partial charge in [-0.05, 0) is 29.3 Å². The molecule has 0 spiro atoms. The van der Waals surface area contributed by atoms with Crippen molar-refractivity contribution in [2.75, 3.05) is 0 Å². The zero-order chi connectivity index (χ0) is 23.8. The van der Waals surface area contributed by atoms with Gasteiger partial charge in [-0.1, -0.05) is 61.0 Å². The number of hydrogen-bond acceptors (Lipinski definition) is 3. The Kier molecular flexibility index (Phi) is 9.47. The van der Waals surface area contributed by atoms with Crippen molar-refractivity contribution in [2.24, 2.45) is 0 Å². The van der Waals surface area contributed by atoms with Crippen LogP contribution in [0, 0.1) is 23.8 Å². The van der Waals surface area contributed by atoms with E-state index in [0.29, 0.717) is 5.69 Å². The van der Waals surface area contributed by atoms with Crippen molar-refractivity contribution in [3.63, 3.8) is 0 Å². The minimum atomic E-state index is -0.649. The molecule has 1 radical (unpaired) electrons. The molecule has 0 aliphatic heterocycles. The van der Waals surface area contributed by atoms with Gasteiger partial charge in [-0.15, -0.1) is 47.5 Å². The van der Waals surface area contributed by atoms with Crippen molar-refractivity contribution in [1.29, 1.82) is 0 Å². The number of hydrogen-bond donors (Lipinski definition) is 0. The van der Waals surface area contributed by atoms with Crippen molar-refractivity contribution < 1.29 is 28.9 Å². The molecule has 2 heterocycles. The summed E-state index contributed by atoms with van der Waals surface area (Å²) in [5, 5.41) is 0. The van der Waals surface area contributed by atoms with E-state index >= 15 is 0 Å². The first-order chi connectivity index (χ1) is 16.6. The second-order valence-electron chi connectivity index (χ2n) is 7.38. The molecule has 5 aromatic rings. The maximum atomic E-state index is 13.2. The second kappa shape index (κ2) is 12.7. The Morgan fingerprint density at radius 3 is 2.20 bits per heavy atom. The third kappa shape index (κ3) is 6.95. The molecule has 35 heavy (non-hydrogen) atoms. The van der Waals surface area contributed by atoms with Gasteiger partial charge in [0.1, 0.15) is 0 Å². The summed E-state index contributed by atoms with van der Waals surface area (Å²) >= 11 is 0. The van der Waals surface area contributed by atoms with Crippen LogP contribution in [0.3, 0.4) is 0 Å². The molecule has 0 bridgehead atoms. The monoisotopic (exact) mass is 642 g/mol. The zero-order valence-electron chi connectivity index (χ0n) is 18.9. The number of halogens is 2. The number of rotatable bonds is 4. The molecule has 0 aliphatic carbocycles. The minimum Gasteiger partial charge on any atom is -0.305 e. The average molecular weight is 642 g/mol. The van der Waals surface area contributed by atoms with E-state index in [9.17, 15) is 8.78 Å². The van der Waals surface area contributed by atoms with E-state index in [-0.39, 0.29) is 25.7 Å². The first kappa shape index (κ1) is 26.0. The van der Waals surface area contributed by atoms with E-state index in [2.05, 4.69) is 58.3 Å². The number of aryl methyl sites for hydroxylation is 1. The Morgan fingerprint density at radius 1 is 0.800 bits per heavy atom. The van der Waals surface area contributed by atoms with Crippen molar-refractivity contribution in [1.82, 2.24) is 15.0 Å². The summed E-state index contributed by atoms with van der Waals surface area (Å²) in [6, 6.07) is 29.1. The predicted molar refractivity (Wildman–Crippen MR) is 130 cm³/mol. The number of benzene rings is 3. The van der Waals surface area contributed by atoms with Crippen LogP contribution in [0.1, 0.15) is 12.5 Å². The topological polar surface area (TPSA) is 38.7 Å². The van der Waals surface area contributed by atoms with Gasteiger partial charge >= 0.3 is 0 Å². The van der Waals surface area contributed by atoms with Crippen LogP contribution in [-0.4, -0.2) is 15.0 Å². The summed E-state index contributed by atoms with van der Waals surface area (Å²) in [5.41, 5.74) is 5.05. The van der Waals surface area contributed by atoms with E-state index in [4.69, 9.17) is 0 Å². The number of pyridine rings is 1. The van der Waals surface area contributed by atoms with Crippen LogP contribution in [0.5, 0.6) is 0 Å². The van der Waals surface area contributed by atoms with E-state index in [1.165, 1.54) is 5.56 Å². The van der Waals surface area contributed by atoms with Crippen molar-refractivity contribution in [2.45, 2.75) is 13.3 Å². The third-order valence-corrected chi connectivity index (χ3v) is 5.04. The van der Waals surface area contributed by atoms with Gasteiger partial charge in [0, 0.05) is 50.3 Å². The first-order valence-corrected chi connectivity index (χ1v) is 10.8. The molecule has 3 aromatic carbocycles. The fraction of sp³-hybridized carbons (Fsp3) is 0.0690. The normalized spacial score (nSPS) is 10.0. The maximum absolute atomic E-state index is 13.2. The van der Waals surface area contributed by atoms with Crippen LogP contribution in [-0.2, 0) is 26.5 Å². The molecule has 0 saturated carbocycles. The van der Waals surface area contributed by atoms with Crippen molar-refractivity contribution >= 4 is 0 Å². The minimum absolute atomic E-state index is 0. The van der Waals surface area contributed by atoms with Crippen LogP contribution in [0.2, 0.25) is 0 Å². The molecule has 0 saturated heterocycles. The summed E-state index contributed by atoms with van der Waals surface area (Å²) in [7, 11) is 0. The van der Waals surface area contributed by atoms with E-state index in [1.54, 1.807) is 24.4 Å². The van der Waals surface area contributed by atoms with E-state index in [1.807, 2.05) is 36.7 Å². The van der Waals surface area contributed by atoms with Gasteiger partial charge in [0.25, 0.3) is 0 Å². The van der Waals surface area contributed by atoms with Gasteiger partial charge in [-0.2, -0.15) is 0 Å². The molecule has 0 fully saturated rings. The van der Waals surface area contributed by atoms with Gasteiger partial charge in [0.15, 0.2) is 0 Å². The molecule has 0 aliphatic rings. The van der Waals surface area contributed by atoms with Gasteiger partial charge < -0.3 is 4.98 Å². The van der Waals surface area contributed by atoms with Crippen molar-refractivity contribution in [3.05, 3.63) is 127 Å². The van der Waals surface area contributed by atoms with Crippen LogP contribution < -0.4 is 0 Å². The molecular formula is C29H21F2IrN3-2. The zero-order valence-corrected chi connectivity index (χ0v) is 21.3. The molecule has 0 unspecified atom stereocenters. The Bertz CT molecular complexity index is 1350. The van der Waals surface area contributed by atoms with Gasteiger partial charge in [0.2, 0.25) is 0 Å². The number of nitrogens with zero attached hydrogens (tertiary/aromatic N) is 3. The molecule has 0 amide bonds. The number of aromatic nitrogens is 3. The molecular weight excluding hydrogens is 621 g/mol. The van der Waals surface area contributed by atoms with E-state index in [0.717, 1.165) is 41.1 Å². The Hall–Kier alpha value is -3.60. The van der Waals surface area contributed by atoms with Crippen LogP contribution in [0.25, 0.3) is 33.8 Å². The first-order valence-electron chi connectivity index (χ1n) is 10.8. The maximum Gasteiger partial charge on any atom is 0.0748 e. The fourth-order valence-electron chi connectivity index (χ4n) is 3.23. The smallest absolute Gasteiger partial charge is 0.0748 e. The summed E-state index contributed by atoms with van der Waals surface area (Å²) in [4.78, 5) is 12.8. The molecule has 0 atom stereocenters. The quantitative estimate of drug-likeness (QED) is 0.199. The Morgan fingerprint density at radius 2 is 1.54 bits per heavy atom. The summed E-state index contributed by atoms with van der Waals surface area (Å²) < 4.78 is 25.8. The fourth-order valence-corrected chi connectivity index (χ4v) is 3.23. The molecule has 3 nitrogen and oxygen atoms in total. The van der Waals surface area contributed by atoms with Crippen LogP contribution >= 0.6 is 0 Å². The molecule has 177 valence electrons. The van der Waals surface area contributed by atoms with Crippen molar-refractivity contribution in [3.8, 4) is 33.8 Å². The average Bonchev–Trinajstić information content (AvgIpc) is 2.90. The largest absolute Gasteiger partial charge is 0.305 e. The van der Waals surface area contributed by atoms with Gasteiger partial charge in [0.05, 0.1) is 5.82 Å². The standard InChI is InChI=1S/C18H15N2.C11H6F2N.Ir/c1-2-14-12-19-18(20-13-14)17-10-6-9-16(11-17)15-7-4-3-5-8-15;12-8-4-5-9(10(13)7-8)11-3-1-2-6-14-11;/h3-9,11-13H,2H2,1H3;1-4,6-7H;/q2*-1;. The summed E-state index contributed by atoms with van der Waals surface area (Å²) in [6.07, 6.45) is 6.26. The summed E-state index contributed by atoms with van der Waals surface area (Å²) in [5.74, 6) is -0.564. The summed E-state index contributed by atoms with van der Waals surface area (Å²) in [6.45, 7) is 2.10. The molecule has 5 rings (SSSR count). The SMILES string of the molecule is CCc1cnc(-c2[c-]ccc(-c3ccccc3)c2)nc1.Fc1c[c-]c(-c2ccccn2)c(F)c1.[Ir]. The second-order valence-corrected chi connectivity index (χ2v) is 7.38. The predicted octanol–water partition coefficient (Wildman–Crippen LogP) is 7.00. The van der Waals surface area contributed by atoms with Gasteiger partial charge in [-0.25, -0.2) is 0 Å². The molecule has 0 N–H and O–H groups in total. The molecule has 6 heteroatoms.